The number of nitrogens with one attached hydrogen (secondary N) is 1. The lowest BCUT2D eigenvalue weighted by molar-refractivity contribution is -0.146. The fourth-order valence-corrected chi connectivity index (χ4v) is 3.84. The number of imide groups is 1. The number of ether oxygens (including phenoxy) is 1. The predicted molar refractivity (Wildman–Crippen MR) is 100 cm³/mol. The van der Waals surface area contributed by atoms with Gasteiger partial charge in [0, 0.05) is 18.3 Å². The summed E-state index contributed by atoms with van der Waals surface area (Å²) in [5, 5.41) is 2.65. The quantitative estimate of drug-likeness (QED) is 0.427. The van der Waals surface area contributed by atoms with Crippen molar-refractivity contribution in [2.75, 3.05) is 25.1 Å². The standard InChI is InChI=1S/C20H21N3O6/c1-20(13-4-5-13)18(27)23(19(28)21-20)9-17(26)29-10-15(24)11-3-6-14-12(7-11)8-16(25)22(14)2/h3,6-7,13H,4-5,8-10H2,1-2H3,(H,21,28)/t20-/m0/s1. The van der Waals surface area contributed by atoms with Crippen molar-refractivity contribution in [2.45, 2.75) is 31.7 Å². The Morgan fingerprint density at radius 1 is 1.24 bits per heavy atom. The zero-order valence-corrected chi connectivity index (χ0v) is 16.2. The monoisotopic (exact) mass is 399 g/mol. The summed E-state index contributed by atoms with van der Waals surface area (Å²) < 4.78 is 4.98. The van der Waals surface area contributed by atoms with E-state index in [4.69, 9.17) is 4.74 Å². The maximum atomic E-state index is 12.5. The lowest BCUT2D eigenvalue weighted by Crippen LogP contribution is -2.46. The van der Waals surface area contributed by atoms with E-state index in [9.17, 15) is 24.0 Å². The maximum absolute atomic E-state index is 12.5. The maximum Gasteiger partial charge on any atom is 0.326 e. The van der Waals surface area contributed by atoms with Gasteiger partial charge in [0.2, 0.25) is 5.91 Å². The van der Waals surface area contributed by atoms with Gasteiger partial charge in [-0.2, -0.15) is 0 Å². The number of amides is 4. The first kappa shape index (κ1) is 19.1. The Morgan fingerprint density at radius 2 is 1.97 bits per heavy atom. The third-order valence-corrected chi connectivity index (χ3v) is 5.83. The number of Topliss-reactive ketones (excluding diaryl/α,β-unsaturated/α-hetero) is 1. The smallest absolute Gasteiger partial charge is 0.326 e. The number of likely N-dealkylation sites (N-methyl/N-ethyl adjacent to an activating group) is 1. The number of carbonyl (C=O) groups excluding carboxylic acids is 5. The van der Waals surface area contributed by atoms with E-state index in [2.05, 4.69) is 5.32 Å². The number of ketones is 1. The van der Waals surface area contributed by atoms with Gasteiger partial charge in [-0.05, 0) is 49.4 Å². The number of urea groups is 1. The van der Waals surface area contributed by atoms with Crippen molar-refractivity contribution in [1.82, 2.24) is 10.2 Å². The zero-order valence-electron chi connectivity index (χ0n) is 16.2. The topological polar surface area (TPSA) is 113 Å². The summed E-state index contributed by atoms with van der Waals surface area (Å²) >= 11 is 0. The van der Waals surface area contributed by atoms with Crippen LogP contribution in [0.3, 0.4) is 0 Å². The van der Waals surface area contributed by atoms with Crippen LogP contribution in [0.1, 0.15) is 35.7 Å². The van der Waals surface area contributed by atoms with Gasteiger partial charge in [-0.15, -0.1) is 0 Å². The van der Waals surface area contributed by atoms with Gasteiger partial charge in [-0.3, -0.25) is 24.1 Å². The second-order valence-electron chi connectivity index (χ2n) is 7.85. The average molecular weight is 399 g/mol. The van der Waals surface area contributed by atoms with Gasteiger partial charge in [0.15, 0.2) is 12.4 Å². The summed E-state index contributed by atoms with van der Waals surface area (Å²) in [6.45, 7) is 0.616. The third-order valence-electron chi connectivity index (χ3n) is 5.83. The van der Waals surface area contributed by atoms with Crippen molar-refractivity contribution in [3.8, 4) is 0 Å². The van der Waals surface area contributed by atoms with Crippen LogP contribution in [-0.2, 0) is 25.5 Å². The van der Waals surface area contributed by atoms with Crippen molar-refractivity contribution in [3.05, 3.63) is 29.3 Å². The van der Waals surface area contributed by atoms with E-state index in [0.29, 0.717) is 5.56 Å². The van der Waals surface area contributed by atoms with Crippen LogP contribution in [0.15, 0.2) is 18.2 Å². The Bertz CT molecular complexity index is 954. The second-order valence-corrected chi connectivity index (χ2v) is 7.85. The lowest BCUT2D eigenvalue weighted by Gasteiger charge is -2.20. The van der Waals surface area contributed by atoms with Crippen LogP contribution in [-0.4, -0.2) is 60.2 Å². The first-order valence-corrected chi connectivity index (χ1v) is 9.43. The minimum Gasteiger partial charge on any atom is -0.456 e. The normalized spacial score (nSPS) is 23.3. The van der Waals surface area contributed by atoms with Crippen molar-refractivity contribution >= 4 is 35.3 Å². The van der Waals surface area contributed by atoms with Gasteiger partial charge in [-0.25, -0.2) is 4.79 Å². The van der Waals surface area contributed by atoms with Crippen molar-refractivity contribution < 1.29 is 28.7 Å². The summed E-state index contributed by atoms with van der Waals surface area (Å²) in [5.41, 5.74) is 0.854. The molecule has 1 aromatic rings. The largest absolute Gasteiger partial charge is 0.456 e. The second kappa shape index (κ2) is 6.68. The van der Waals surface area contributed by atoms with Gasteiger partial charge in [-0.1, -0.05) is 0 Å². The molecule has 0 aromatic heterocycles. The molecule has 29 heavy (non-hydrogen) atoms. The van der Waals surface area contributed by atoms with Crippen LogP contribution in [0.5, 0.6) is 0 Å². The highest BCUT2D eigenvalue weighted by Gasteiger charge is 2.56. The van der Waals surface area contributed by atoms with E-state index >= 15 is 0 Å². The van der Waals surface area contributed by atoms with Crippen LogP contribution in [0.4, 0.5) is 10.5 Å². The number of benzene rings is 1. The predicted octanol–water partition coefficient (Wildman–Crippen LogP) is 0.652. The van der Waals surface area contributed by atoms with Crippen molar-refractivity contribution in [1.29, 1.82) is 0 Å². The van der Waals surface area contributed by atoms with Gasteiger partial charge < -0.3 is 15.0 Å². The Labute approximate surface area is 167 Å². The van der Waals surface area contributed by atoms with E-state index in [-0.39, 0.29) is 18.2 Å². The van der Waals surface area contributed by atoms with E-state index in [0.717, 1.165) is 29.0 Å². The molecule has 1 N–H and O–H groups in total. The molecule has 2 heterocycles. The molecular weight excluding hydrogens is 378 g/mol. The molecule has 0 radical (unpaired) electrons. The number of nitrogens with zero attached hydrogens (tertiary/aromatic N) is 2. The molecule has 9 nitrogen and oxygen atoms in total. The van der Waals surface area contributed by atoms with Gasteiger partial charge >= 0.3 is 12.0 Å². The minimum absolute atomic E-state index is 0.0530. The number of hydrogen-bond donors (Lipinski definition) is 1. The molecule has 4 amide bonds. The Hall–Kier alpha value is -3.23. The van der Waals surface area contributed by atoms with Crippen LogP contribution in [0.2, 0.25) is 0 Å². The molecular formula is C20H21N3O6. The third kappa shape index (κ3) is 3.26. The zero-order chi connectivity index (χ0) is 20.9. The molecule has 1 aliphatic carbocycles. The van der Waals surface area contributed by atoms with Gasteiger partial charge in [0.05, 0.1) is 6.42 Å². The van der Waals surface area contributed by atoms with E-state index in [1.165, 1.54) is 4.90 Å². The fraction of sp³-hybridized carbons (Fsp3) is 0.450. The van der Waals surface area contributed by atoms with Crippen molar-refractivity contribution in [3.63, 3.8) is 0 Å². The summed E-state index contributed by atoms with van der Waals surface area (Å²) in [6, 6.07) is 4.25. The number of anilines is 1. The van der Waals surface area contributed by atoms with Gasteiger partial charge in [0.25, 0.3) is 5.91 Å². The summed E-state index contributed by atoms with van der Waals surface area (Å²) in [7, 11) is 1.67. The number of esters is 1. The van der Waals surface area contributed by atoms with Crippen LogP contribution < -0.4 is 10.2 Å². The lowest BCUT2D eigenvalue weighted by atomic mass is 9.96. The minimum atomic E-state index is -0.970. The van der Waals surface area contributed by atoms with E-state index in [1.807, 2.05) is 0 Å². The highest BCUT2D eigenvalue weighted by Crippen LogP contribution is 2.42. The van der Waals surface area contributed by atoms with Crippen molar-refractivity contribution in [2.24, 2.45) is 5.92 Å². The highest BCUT2D eigenvalue weighted by atomic mass is 16.5. The SMILES string of the molecule is CN1C(=O)Cc2cc(C(=O)COC(=O)CN3C(=O)N[C@@](C)(C4CC4)C3=O)ccc21. The molecule has 1 atom stereocenters. The molecule has 2 fully saturated rings. The average Bonchev–Trinajstić information content (AvgIpc) is 3.47. The molecule has 152 valence electrons. The van der Waals surface area contributed by atoms with Crippen LogP contribution >= 0.6 is 0 Å². The first-order chi connectivity index (χ1) is 13.7. The highest BCUT2D eigenvalue weighted by molar-refractivity contribution is 6.09. The molecule has 0 spiro atoms. The first-order valence-electron chi connectivity index (χ1n) is 9.43. The summed E-state index contributed by atoms with van der Waals surface area (Å²) in [4.78, 5) is 63.1. The molecule has 4 rings (SSSR count). The molecule has 2 aliphatic heterocycles. The van der Waals surface area contributed by atoms with Gasteiger partial charge in [0.1, 0.15) is 12.1 Å². The van der Waals surface area contributed by atoms with Crippen LogP contribution in [0, 0.1) is 5.92 Å². The fourth-order valence-electron chi connectivity index (χ4n) is 3.84. The summed E-state index contributed by atoms with van der Waals surface area (Å²) in [6.07, 6.45) is 1.94. The Morgan fingerprint density at radius 3 is 2.66 bits per heavy atom. The number of carbonyl (C=O) groups is 5. The Balaban J connectivity index is 1.34. The molecule has 1 aromatic carbocycles. The number of hydrogen-bond acceptors (Lipinski definition) is 6. The molecule has 3 aliphatic rings. The number of fused-ring (bicyclic) bond motifs is 1. The molecule has 0 bridgehead atoms. The Kier molecular flexibility index (Phi) is 4.40. The number of rotatable bonds is 6. The molecule has 1 saturated heterocycles. The molecule has 9 heteroatoms. The van der Waals surface area contributed by atoms with Crippen LogP contribution in [0.25, 0.3) is 0 Å². The van der Waals surface area contributed by atoms with E-state index in [1.54, 1.807) is 32.2 Å². The van der Waals surface area contributed by atoms with E-state index < -0.39 is 42.4 Å². The summed E-state index contributed by atoms with van der Waals surface area (Å²) in [5.74, 6) is -1.67. The molecule has 0 unspecified atom stereocenters. The molecule has 1 saturated carbocycles.